The lowest BCUT2D eigenvalue weighted by Crippen LogP contribution is -2.42. The van der Waals surface area contributed by atoms with Gasteiger partial charge in [-0.3, -0.25) is 14.4 Å². The molecule has 6 rings (SSSR count). The number of hydrogen-bond donors (Lipinski definition) is 1. The molecule has 3 aromatic heterocycles. The molecular formula is C31H23F3N6O4. The molecule has 1 aliphatic rings. The molecular weight excluding hydrogens is 577 g/mol. The van der Waals surface area contributed by atoms with Crippen LogP contribution >= 0.6 is 0 Å². The van der Waals surface area contributed by atoms with E-state index in [-0.39, 0.29) is 36.1 Å². The van der Waals surface area contributed by atoms with Crippen LogP contribution in [0.4, 0.5) is 13.2 Å². The molecule has 0 bridgehead atoms. The van der Waals surface area contributed by atoms with Gasteiger partial charge in [0.25, 0.3) is 17.6 Å². The Hall–Kier alpha value is -5.72. The highest BCUT2D eigenvalue weighted by atomic mass is 19.4. The highest BCUT2D eigenvalue weighted by Crippen LogP contribution is 2.33. The van der Waals surface area contributed by atoms with Crippen molar-refractivity contribution in [2.75, 3.05) is 20.2 Å². The monoisotopic (exact) mass is 600 g/mol. The zero-order chi connectivity index (χ0) is 31.0. The lowest BCUT2D eigenvalue weighted by atomic mass is 10.1. The average molecular weight is 601 g/mol. The van der Waals surface area contributed by atoms with Crippen LogP contribution in [0.3, 0.4) is 0 Å². The highest BCUT2D eigenvalue weighted by molar-refractivity contribution is 6.45. The van der Waals surface area contributed by atoms with Gasteiger partial charge in [-0.2, -0.15) is 18.3 Å². The van der Waals surface area contributed by atoms with E-state index >= 15 is 0 Å². The van der Waals surface area contributed by atoms with Crippen molar-refractivity contribution in [3.63, 3.8) is 0 Å². The molecule has 0 atom stereocenters. The summed E-state index contributed by atoms with van der Waals surface area (Å²) in [6.45, 7) is 0.320. The van der Waals surface area contributed by atoms with Crippen molar-refractivity contribution in [2.24, 2.45) is 0 Å². The minimum Gasteiger partial charge on any atom is -0.494 e. The summed E-state index contributed by atoms with van der Waals surface area (Å²) >= 11 is 0. The van der Waals surface area contributed by atoms with Gasteiger partial charge in [-0.25, -0.2) is 9.67 Å². The predicted molar refractivity (Wildman–Crippen MR) is 153 cm³/mol. The minimum absolute atomic E-state index is 0.0526. The summed E-state index contributed by atoms with van der Waals surface area (Å²) < 4.78 is 45.8. The molecule has 1 aliphatic heterocycles. The molecule has 2 aromatic carbocycles. The molecule has 2 amide bonds. The summed E-state index contributed by atoms with van der Waals surface area (Å²) in [6, 6.07) is 15.0. The third-order valence-electron chi connectivity index (χ3n) is 7.18. The molecule has 0 saturated carbocycles. The maximum Gasteiger partial charge on any atom is 0.416 e. The van der Waals surface area contributed by atoms with Gasteiger partial charge >= 0.3 is 6.18 Å². The van der Waals surface area contributed by atoms with Crippen LogP contribution in [0.5, 0.6) is 5.75 Å². The molecule has 10 nitrogen and oxygen atoms in total. The number of aromatic amines is 1. The second-order valence-electron chi connectivity index (χ2n) is 9.81. The molecule has 0 unspecified atom stereocenters. The van der Waals surface area contributed by atoms with E-state index < -0.39 is 23.4 Å². The molecule has 0 saturated heterocycles. The Kier molecular flexibility index (Phi) is 7.21. The van der Waals surface area contributed by atoms with Crippen molar-refractivity contribution in [3.8, 4) is 22.8 Å². The summed E-state index contributed by atoms with van der Waals surface area (Å²) in [7, 11) is 1.40. The first kappa shape index (κ1) is 28.4. The minimum atomic E-state index is -4.45. The second-order valence-corrected chi connectivity index (χ2v) is 9.81. The normalized spacial score (nSPS) is 13.4. The van der Waals surface area contributed by atoms with E-state index in [9.17, 15) is 27.6 Å². The Morgan fingerprint density at radius 1 is 0.932 bits per heavy atom. The lowest BCUT2D eigenvalue weighted by Gasteiger charge is -2.28. The van der Waals surface area contributed by atoms with E-state index in [1.165, 1.54) is 58.5 Å². The third-order valence-corrected chi connectivity index (χ3v) is 7.18. The maximum atomic E-state index is 13.5. The molecule has 44 heavy (non-hydrogen) atoms. The first-order chi connectivity index (χ1) is 21.2. The number of aromatic nitrogens is 4. The van der Waals surface area contributed by atoms with Crippen molar-refractivity contribution in [2.45, 2.75) is 6.18 Å². The highest BCUT2D eigenvalue weighted by Gasteiger charge is 2.31. The smallest absolute Gasteiger partial charge is 0.416 e. The van der Waals surface area contributed by atoms with Gasteiger partial charge in [0, 0.05) is 49.0 Å². The Morgan fingerprint density at radius 3 is 2.30 bits per heavy atom. The van der Waals surface area contributed by atoms with E-state index in [0.29, 0.717) is 27.7 Å². The molecule has 0 fully saturated rings. The van der Waals surface area contributed by atoms with Crippen LogP contribution in [0.1, 0.15) is 26.3 Å². The van der Waals surface area contributed by atoms with E-state index in [4.69, 9.17) is 4.74 Å². The predicted octanol–water partition coefficient (Wildman–Crippen LogP) is 5.08. The molecule has 0 radical (unpaired) electrons. The number of nitrogens with one attached hydrogen (secondary N) is 1. The fourth-order valence-corrected chi connectivity index (χ4v) is 4.89. The summed E-state index contributed by atoms with van der Waals surface area (Å²) in [4.78, 5) is 49.5. The van der Waals surface area contributed by atoms with Gasteiger partial charge in [0.05, 0.1) is 41.0 Å². The number of benzene rings is 2. The van der Waals surface area contributed by atoms with Crippen molar-refractivity contribution < 1.29 is 32.3 Å². The number of ether oxygens (including phenoxy) is 1. The van der Waals surface area contributed by atoms with Crippen molar-refractivity contribution >= 4 is 28.5 Å². The van der Waals surface area contributed by atoms with Crippen LogP contribution in [0.25, 0.3) is 28.0 Å². The molecule has 1 N–H and O–H groups in total. The van der Waals surface area contributed by atoms with Crippen LogP contribution < -0.4 is 4.74 Å². The van der Waals surface area contributed by atoms with E-state index in [0.717, 1.165) is 12.1 Å². The molecule has 0 aliphatic carbocycles. The summed E-state index contributed by atoms with van der Waals surface area (Å²) in [5.41, 5.74) is 1.02. The largest absolute Gasteiger partial charge is 0.494 e. The van der Waals surface area contributed by atoms with Gasteiger partial charge in [-0.1, -0.05) is 30.3 Å². The number of H-pyrrole nitrogens is 1. The van der Waals surface area contributed by atoms with Crippen LogP contribution in [0.15, 0.2) is 91.7 Å². The molecule has 5 aromatic rings. The number of ketones is 1. The van der Waals surface area contributed by atoms with Gasteiger partial charge in [0.2, 0.25) is 0 Å². The SMILES string of the molecule is COc1cnc(-n2ccc(-c3ccc(C(F)(F)F)cc3)n2)c2[nH]cc(C(=O)C(=O)N3C=CN(C(=O)c4ccccc4)CC3)c12. The number of methoxy groups -OCH3 is 1. The number of pyridine rings is 1. The average Bonchev–Trinajstić information content (AvgIpc) is 3.72. The van der Waals surface area contributed by atoms with E-state index in [1.807, 2.05) is 6.07 Å². The number of amides is 2. The van der Waals surface area contributed by atoms with Crippen LogP contribution in [-0.4, -0.2) is 67.3 Å². The van der Waals surface area contributed by atoms with Gasteiger partial charge in [0.1, 0.15) is 5.75 Å². The first-order valence-corrected chi connectivity index (χ1v) is 13.3. The summed E-state index contributed by atoms with van der Waals surface area (Å²) in [5, 5.41) is 4.77. The van der Waals surface area contributed by atoms with Crippen molar-refractivity contribution in [1.29, 1.82) is 0 Å². The number of alkyl halides is 3. The van der Waals surface area contributed by atoms with Crippen LogP contribution in [-0.2, 0) is 11.0 Å². The molecule has 4 heterocycles. The first-order valence-electron chi connectivity index (χ1n) is 13.3. The van der Waals surface area contributed by atoms with Crippen LogP contribution in [0.2, 0.25) is 0 Å². The molecule has 13 heteroatoms. The van der Waals surface area contributed by atoms with Crippen LogP contribution in [0, 0.1) is 0 Å². The number of nitrogens with zero attached hydrogens (tertiary/aromatic N) is 5. The lowest BCUT2D eigenvalue weighted by molar-refractivity contribution is -0.137. The van der Waals surface area contributed by atoms with Gasteiger partial charge in [-0.05, 0) is 30.3 Å². The Morgan fingerprint density at radius 2 is 1.64 bits per heavy atom. The van der Waals surface area contributed by atoms with Gasteiger partial charge < -0.3 is 19.5 Å². The van der Waals surface area contributed by atoms with E-state index in [2.05, 4.69) is 15.1 Å². The number of hydrogen-bond acceptors (Lipinski definition) is 6. The van der Waals surface area contributed by atoms with Gasteiger partial charge in [0.15, 0.2) is 5.82 Å². The standard InChI is InChI=1S/C31H23F3N6O4/c1-44-24-18-36-28(40-12-11-23(37-40)19-7-9-21(10-8-19)31(32,33)34)26-25(24)22(17-35-26)27(41)30(43)39-15-13-38(14-16-39)29(42)20-5-3-2-4-6-20/h2-13,15,17-18,35H,14,16H2,1H3. The van der Waals surface area contributed by atoms with Crippen molar-refractivity contribution in [3.05, 3.63) is 108 Å². The zero-order valence-corrected chi connectivity index (χ0v) is 23.1. The number of fused-ring (bicyclic) bond motifs is 1. The van der Waals surface area contributed by atoms with Crippen molar-refractivity contribution in [1.82, 2.24) is 29.5 Å². The fourth-order valence-electron chi connectivity index (χ4n) is 4.89. The number of halogens is 3. The Balaban J connectivity index is 1.26. The topological polar surface area (TPSA) is 113 Å². The van der Waals surface area contributed by atoms with E-state index in [1.54, 1.807) is 36.5 Å². The molecule has 0 spiro atoms. The fraction of sp³-hybridized carbons (Fsp3) is 0.129. The number of carbonyl (C=O) groups excluding carboxylic acids is 3. The van der Waals surface area contributed by atoms with Gasteiger partial charge in [-0.15, -0.1) is 0 Å². The Bertz CT molecular complexity index is 1910. The molecule has 222 valence electrons. The third kappa shape index (κ3) is 5.19. The zero-order valence-electron chi connectivity index (χ0n) is 23.1. The number of carbonyl (C=O) groups is 3. The quantitative estimate of drug-likeness (QED) is 0.215. The number of Topliss-reactive ketones (excluding diaryl/α,β-unsaturated/α-hetero) is 1. The number of rotatable bonds is 6. The second kappa shape index (κ2) is 11.2. The summed E-state index contributed by atoms with van der Waals surface area (Å²) in [6.07, 6.45) is 2.77. The maximum absolute atomic E-state index is 13.5. The summed E-state index contributed by atoms with van der Waals surface area (Å²) in [5.74, 6) is -1.30. The Labute approximate surface area is 248 Å².